The molecule has 3 rings (SSSR count). The minimum Gasteiger partial charge on any atom is -0.354 e. The molecule has 0 atom stereocenters. The summed E-state index contributed by atoms with van der Waals surface area (Å²) in [7, 11) is 0. The Morgan fingerprint density at radius 1 is 1.26 bits per heavy atom. The first-order valence-electron chi connectivity index (χ1n) is 5.84. The highest BCUT2D eigenvalue weighted by Gasteiger charge is 2.06. The van der Waals surface area contributed by atoms with Crippen LogP contribution in [0.2, 0.25) is 0 Å². The van der Waals surface area contributed by atoms with E-state index in [0.29, 0.717) is 5.56 Å². The Morgan fingerprint density at radius 3 is 2.79 bits per heavy atom. The SMILES string of the molecule is Cc1cc(Nc2ccc(C#N)cc2)c2[nH]ncc2n1. The van der Waals surface area contributed by atoms with Gasteiger partial charge in [-0.05, 0) is 37.3 Å². The van der Waals surface area contributed by atoms with E-state index < -0.39 is 0 Å². The molecule has 0 aliphatic carbocycles. The number of aryl methyl sites for hydroxylation is 1. The van der Waals surface area contributed by atoms with Gasteiger partial charge >= 0.3 is 0 Å². The number of pyridine rings is 1. The molecule has 0 saturated carbocycles. The number of hydrogen-bond donors (Lipinski definition) is 2. The molecule has 19 heavy (non-hydrogen) atoms. The van der Waals surface area contributed by atoms with Crippen molar-refractivity contribution in [2.24, 2.45) is 0 Å². The summed E-state index contributed by atoms with van der Waals surface area (Å²) in [6.45, 7) is 1.94. The molecule has 92 valence electrons. The minimum absolute atomic E-state index is 0.642. The minimum atomic E-state index is 0.642. The van der Waals surface area contributed by atoms with Crippen molar-refractivity contribution < 1.29 is 0 Å². The third kappa shape index (κ3) is 2.11. The number of hydrogen-bond acceptors (Lipinski definition) is 4. The second-order valence-corrected chi connectivity index (χ2v) is 4.26. The zero-order valence-electron chi connectivity index (χ0n) is 10.3. The maximum absolute atomic E-state index is 8.78. The van der Waals surface area contributed by atoms with Crippen LogP contribution >= 0.6 is 0 Å². The fraction of sp³-hybridized carbons (Fsp3) is 0.0714. The van der Waals surface area contributed by atoms with E-state index in [4.69, 9.17) is 5.26 Å². The Labute approximate surface area is 109 Å². The third-order valence-corrected chi connectivity index (χ3v) is 2.83. The van der Waals surface area contributed by atoms with Gasteiger partial charge in [0.25, 0.3) is 0 Å². The molecule has 0 aliphatic rings. The highest BCUT2D eigenvalue weighted by molar-refractivity contribution is 5.89. The Balaban J connectivity index is 2.00. The molecule has 0 unspecified atom stereocenters. The molecule has 5 heteroatoms. The topological polar surface area (TPSA) is 77.4 Å². The molecule has 3 aromatic rings. The number of aromatic amines is 1. The first-order valence-corrected chi connectivity index (χ1v) is 5.84. The van der Waals surface area contributed by atoms with Gasteiger partial charge < -0.3 is 5.32 Å². The van der Waals surface area contributed by atoms with Gasteiger partial charge in [0.05, 0.1) is 23.5 Å². The van der Waals surface area contributed by atoms with Crippen molar-refractivity contribution in [2.75, 3.05) is 5.32 Å². The van der Waals surface area contributed by atoms with Crippen LogP contribution < -0.4 is 5.32 Å². The number of anilines is 2. The largest absolute Gasteiger partial charge is 0.354 e. The van der Waals surface area contributed by atoms with E-state index in [1.54, 1.807) is 18.3 Å². The zero-order chi connectivity index (χ0) is 13.2. The van der Waals surface area contributed by atoms with Crippen LogP contribution in [0.3, 0.4) is 0 Å². The average molecular weight is 249 g/mol. The summed E-state index contributed by atoms with van der Waals surface area (Å²) in [6.07, 6.45) is 1.70. The number of nitrogens with one attached hydrogen (secondary N) is 2. The number of rotatable bonds is 2. The van der Waals surface area contributed by atoms with Gasteiger partial charge in [0.1, 0.15) is 11.0 Å². The predicted octanol–water partition coefficient (Wildman–Crippen LogP) is 2.88. The smallest absolute Gasteiger partial charge is 0.110 e. The summed E-state index contributed by atoms with van der Waals surface area (Å²) >= 11 is 0. The van der Waals surface area contributed by atoms with Crippen molar-refractivity contribution in [3.05, 3.63) is 47.8 Å². The maximum atomic E-state index is 8.78. The summed E-state index contributed by atoms with van der Waals surface area (Å²) in [5, 5.41) is 19.0. The standard InChI is InChI=1S/C14H11N5/c1-9-6-12(14-13(17-9)8-16-19-14)18-11-4-2-10(7-15)3-5-11/h2-6,8H,1H3,(H,16,19)(H,17,18). The average Bonchev–Trinajstić information content (AvgIpc) is 2.88. The quantitative estimate of drug-likeness (QED) is 0.732. The molecule has 5 nitrogen and oxygen atoms in total. The summed E-state index contributed by atoms with van der Waals surface area (Å²) in [4.78, 5) is 4.39. The van der Waals surface area contributed by atoms with E-state index in [0.717, 1.165) is 28.1 Å². The normalized spacial score (nSPS) is 10.3. The van der Waals surface area contributed by atoms with E-state index in [2.05, 4.69) is 26.6 Å². The number of H-pyrrole nitrogens is 1. The van der Waals surface area contributed by atoms with Crippen LogP contribution in [0, 0.1) is 18.3 Å². The van der Waals surface area contributed by atoms with E-state index in [1.165, 1.54) is 0 Å². The maximum Gasteiger partial charge on any atom is 0.110 e. The van der Waals surface area contributed by atoms with Crippen molar-refractivity contribution >= 4 is 22.4 Å². The van der Waals surface area contributed by atoms with Crippen molar-refractivity contribution in [3.8, 4) is 6.07 Å². The van der Waals surface area contributed by atoms with Crippen molar-refractivity contribution in [1.82, 2.24) is 15.2 Å². The fourth-order valence-electron chi connectivity index (χ4n) is 1.95. The van der Waals surface area contributed by atoms with Crippen LogP contribution in [0.4, 0.5) is 11.4 Å². The van der Waals surface area contributed by atoms with Gasteiger partial charge in [-0.3, -0.25) is 5.10 Å². The van der Waals surface area contributed by atoms with Crippen molar-refractivity contribution in [3.63, 3.8) is 0 Å². The Bertz CT molecular complexity index is 765. The number of aromatic nitrogens is 3. The lowest BCUT2D eigenvalue weighted by molar-refractivity contribution is 1.12. The molecule has 2 aromatic heterocycles. The second-order valence-electron chi connectivity index (χ2n) is 4.26. The monoisotopic (exact) mass is 249 g/mol. The van der Waals surface area contributed by atoms with Crippen LogP contribution in [-0.4, -0.2) is 15.2 Å². The van der Waals surface area contributed by atoms with E-state index in [9.17, 15) is 0 Å². The second kappa shape index (κ2) is 4.42. The van der Waals surface area contributed by atoms with Gasteiger partial charge in [-0.1, -0.05) is 0 Å². The van der Waals surface area contributed by atoms with Crippen LogP contribution in [0.1, 0.15) is 11.3 Å². The summed E-state index contributed by atoms with van der Waals surface area (Å²) in [5.41, 5.74) is 5.10. The molecule has 0 bridgehead atoms. The molecule has 1 aromatic carbocycles. The van der Waals surface area contributed by atoms with Gasteiger partial charge in [0.15, 0.2) is 0 Å². The molecule has 0 saturated heterocycles. The number of benzene rings is 1. The highest BCUT2D eigenvalue weighted by atomic mass is 15.1. The first kappa shape index (κ1) is 11.2. The van der Waals surface area contributed by atoms with Crippen LogP contribution in [0.25, 0.3) is 11.0 Å². The lowest BCUT2D eigenvalue weighted by Gasteiger charge is -2.08. The van der Waals surface area contributed by atoms with Gasteiger partial charge in [-0.25, -0.2) is 4.98 Å². The Morgan fingerprint density at radius 2 is 2.05 bits per heavy atom. The number of nitriles is 1. The summed E-state index contributed by atoms with van der Waals surface area (Å²) < 4.78 is 0. The Kier molecular flexibility index (Phi) is 2.62. The molecular formula is C14H11N5. The van der Waals surface area contributed by atoms with Crippen molar-refractivity contribution in [2.45, 2.75) is 6.92 Å². The number of fused-ring (bicyclic) bond motifs is 1. The predicted molar refractivity (Wildman–Crippen MR) is 73.1 cm³/mol. The molecule has 0 amide bonds. The molecule has 0 aliphatic heterocycles. The lowest BCUT2D eigenvalue weighted by atomic mass is 10.2. The molecule has 2 N–H and O–H groups in total. The van der Waals surface area contributed by atoms with E-state index >= 15 is 0 Å². The Hall–Kier alpha value is -2.87. The molecule has 2 heterocycles. The van der Waals surface area contributed by atoms with Crippen LogP contribution in [0.5, 0.6) is 0 Å². The lowest BCUT2D eigenvalue weighted by Crippen LogP contribution is -1.94. The van der Waals surface area contributed by atoms with Gasteiger partial charge in [-0.15, -0.1) is 0 Å². The fourth-order valence-corrected chi connectivity index (χ4v) is 1.95. The molecular weight excluding hydrogens is 238 g/mol. The van der Waals surface area contributed by atoms with Crippen molar-refractivity contribution in [1.29, 1.82) is 5.26 Å². The van der Waals surface area contributed by atoms with Gasteiger partial charge in [0, 0.05) is 11.4 Å². The summed E-state index contributed by atoms with van der Waals surface area (Å²) in [5.74, 6) is 0. The van der Waals surface area contributed by atoms with Crippen LogP contribution in [0.15, 0.2) is 36.5 Å². The van der Waals surface area contributed by atoms with Crippen LogP contribution in [-0.2, 0) is 0 Å². The van der Waals surface area contributed by atoms with E-state index in [1.807, 2.05) is 25.1 Å². The molecule has 0 radical (unpaired) electrons. The first-order chi connectivity index (χ1) is 9.26. The third-order valence-electron chi connectivity index (χ3n) is 2.83. The van der Waals surface area contributed by atoms with Gasteiger partial charge in [0.2, 0.25) is 0 Å². The van der Waals surface area contributed by atoms with Gasteiger partial charge in [-0.2, -0.15) is 10.4 Å². The van der Waals surface area contributed by atoms with E-state index in [-0.39, 0.29) is 0 Å². The molecule has 0 fully saturated rings. The summed E-state index contributed by atoms with van der Waals surface area (Å²) in [6, 6.07) is 11.4. The molecule has 0 spiro atoms. The highest BCUT2D eigenvalue weighted by Crippen LogP contribution is 2.24. The number of nitrogens with zero attached hydrogens (tertiary/aromatic N) is 3. The zero-order valence-corrected chi connectivity index (χ0v) is 10.3.